The van der Waals surface area contributed by atoms with Crippen molar-refractivity contribution in [2.24, 2.45) is 0 Å². The van der Waals surface area contributed by atoms with Crippen molar-refractivity contribution >= 4 is 26.8 Å². The van der Waals surface area contributed by atoms with E-state index in [1.165, 1.54) is 0 Å². The van der Waals surface area contributed by atoms with Gasteiger partial charge in [-0.25, -0.2) is 0 Å². The Labute approximate surface area is 106 Å². The molecule has 0 spiro atoms. The lowest BCUT2D eigenvalue weighted by Crippen LogP contribution is -1.78. The largest absolute Gasteiger partial charge is 0.508 e. The van der Waals surface area contributed by atoms with E-state index < -0.39 is 0 Å². The van der Waals surface area contributed by atoms with Gasteiger partial charge in [0.25, 0.3) is 0 Å². The van der Waals surface area contributed by atoms with Crippen LogP contribution >= 0.6 is 15.9 Å². The lowest BCUT2D eigenvalue weighted by atomic mass is 10.1. The van der Waals surface area contributed by atoms with Gasteiger partial charge in [0.2, 0.25) is 0 Å². The summed E-state index contributed by atoms with van der Waals surface area (Å²) in [4.78, 5) is 0. The number of aromatic amines is 1. The molecule has 0 radical (unpaired) electrons. The Morgan fingerprint density at radius 2 is 1.82 bits per heavy atom. The minimum atomic E-state index is 0.239. The molecule has 2 aromatic carbocycles. The second-order valence-corrected chi connectivity index (χ2v) is 4.72. The number of aromatic nitrogens is 2. The monoisotopic (exact) mass is 288 g/mol. The smallest absolute Gasteiger partial charge is 0.117 e. The number of halogens is 1. The summed E-state index contributed by atoms with van der Waals surface area (Å²) < 4.78 is 1.04. The van der Waals surface area contributed by atoms with Crippen LogP contribution in [0.5, 0.6) is 5.75 Å². The first kappa shape index (κ1) is 10.4. The zero-order chi connectivity index (χ0) is 11.8. The topological polar surface area (TPSA) is 48.9 Å². The first-order valence-electron chi connectivity index (χ1n) is 5.17. The zero-order valence-corrected chi connectivity index (χ0v) is 10.4. The Kier molecular flexibility index (Phi) is 2.37. The van der Waals surface area contributed by atoms with Crippen molar-refractivity contribution in [2.75, 3.05) is 0 Å². The van der Waals surface area contributed by atoms with E-state index in [9.17, 15) is 5.11 Å². The van der Waals surface area contributed by atoms with Crippen LogP contribution in [0.2, 0.25) is 0 Å². The number of phenolic OH excluding ortho intramolecular Hbond substituents is 1. The highest BCUT2D eigenvalue weighted by Gasteiger charge is 2.08. The Balaban J connectivity index is 2.21. The van der Waals surface area contributed by atoms with Gasteiger partial charge in [0.05, 0.1) is 11.2 Å². The van der Waals surface area contributed by atoms with Crippen molar-refractivity contribution in [3.8, 4) is 17.0 Å². The lowest BCUT2D eigenvalue weighted by Gasteiger charge is -1.98. The Bertz CT molecular complexity index is 673. The van der Waals surface area contributed by atoms with Crippen molar-refractivity contribution in [3.05, 3.63) is 46.9 Å². The Morgan fingerprint density at radius 1 is 1.06 bits per heavy atom. The van der Waals surface area contributed by atoms with Crippen LogP contribution in [0, 0.1) is 0 Å². The first-order valence-corrected chi connectivity index (χ1v) is 5.96. The highest BCUT2D eigenvalue weighted by atomic mass is 79.9. The van der Waals surface area contributed by atoms with Gasteiger partial charge < -0.3 is 5.11 Å². The summed E-state index contributed by atoms with van der Waals surface area (Å²) in [5.74, 6) is 0.239. The number of H-pyrrole nitrogens is 1. The fourth-order valence-electron chi connectivity index (χ4n) is 1.84. The minimum Gasteiger partial charge on any atom is -0.508 e. The maximum Gasteiger partial charge on any atom is 0.117 e. The number of hydrogen-bond donors (Lipinski definition) is 2. The molecule has 0 amide bonds. The van der Waals surface area contributed by atoms with Gasteiger partial charge in [-0.15, -0.1) is 0 Å². The van der Waals surface area contributed by atoms with Crippen LogP contribution in [0.25, 0.3) is 22.2 Å². The van der Waals surface area contributed by atoms with Crippen LogP contribution < -0.4 is 0 Å². The van der Waals surface area contributed by atoms with Crippen LogP contribution in [-0.2, 0) is 0 Å². The van der Waals surface area contributed by atoms with E-state index in [4.69, 9.17) is 0 Å². The summed E-state index contributed by atoms with van der Waals surface area (Å²) >= 11 is 3.41. The second kappa shape index (κ2) is 3.89. The van der Waals surface area contributed by atoms with Crippen molar-refractivity contribution in [2.45, 2.75) is 0 Å². The summed E-state index contributed by atoms with van der Waals surface area (Å²) in [5.41, 5.74) is 2.78. The lowest BCUT2D eigenvalue weighted by molar-refractivity contribution is 0.476. The molecule has 0 saturated heterocycles. The van der Waals surface area contributed by atoms with Crippen LogP contribution in [0.1, 0.15) is 0 Å². The summed E-state index contributed by atoms with van der Waals surface area (Å²) in [6, 6.07) is 13.2. The highest BCUT2D eigenvalue weighted by Crippen LogP contribution is 2.28. The van der Waals surface area contributed by atoms with E-state index in [1.807, 2.05) is 30.3 Å². The number of aromatic hydroxyl groups is 1. The van der Waals surface area contributed by atoms with Crippen molar-refractivity contribution in [3.63, 3.8) is 0 Å². The van der Waals surface area contributed by atoms with E-state index in [0.29, 0.717) is 0 Å². The number of nitrogens with one attached hydrogen (secondary N) is 1. The summed E-state index contributed by atoms with van der Waals surface area (Å²) in [5, 5.41) is 17.6. The summed E-state index contributed by atoms with van der Waals surface area (Å²) in [6.07, 6.45) is 0. The molecule has 3 rings (SSSR count). The molecule has 1 heterocycles. The van der Waals surface area contributed by atoms with Crippen LogP contribution in [-0.4, -0.2) is 15.3 Å². The van der Waals surface area contributed by atoms with E-state index in [2.05, 4.69) is 26.1 Å². The third-order valence-electron chi connectivity index (χ3n) is 2.66. The summed E-state index contributed by atoms with van der Waals surface area (Å²) in [7, 11) is 0. The number of hydrogen-bond acceptors (Lipinski definition) is 2. The molecule has 0 saturated carbocycles. The fraction of sp³-hybridized carbons (Fsp3) is 0. The van der Waals surface area contributed by atoms with Crippen molar-refractivity contribution < 1.29 is 5.11 Å². The molecule has 84 valence electrons. The zero-order valence-electron chi connectivity index (χ0n) is 8.81. The van der Waals surface area contributed by atoms with Gasteiger partial charge in [-0.1, -0.05) is 28.1 Å². The van der Waals surface area contributed by atoms with E-state index >= 15 is 0 Å². The molecule has 0 aliphatic heterocycles. The number of benzene rings is 2. The minimum absolute atomic E-state index is 0.239. The average molecular weight is 289 g/mol. The number of rotatable bonds is 1. The summed E-state index contributed by atoms with van der Waals surface area (Å²) in [6.45, 7) is 0. The maximum atomic E-state index is 9.39. The van der Waals surface area contributed by atoms with Gasteiger partial charge in [0.15, 0.2) is 0 Å². The maximum absolute atomic E-state index is 9.39. The molecular formula is C13H9BrN2O. The molecule has 0 bridgehead atoms. The molecule has 0 aliphatic rings. The molecule has 0 unspecified atom stereocenters. The number of nitrogens with zero attached hydrogens (tertiary/aromatic N) is 1. The second-order valence-electron chi connectivity index (χ2n) is 3.81. The van der Waals surface area contributed by atoms with Gasteiger partial charge in [-0.3, -0.25) is 5.10 Å². The molecule has 3 nitrogen and oxygen atoms in total. The third kappa shape index (κ3) is 1.80. The molecule has 17 heavy (non-hydrogen) atoms. The quantitative estimate of drug-likeness (QED) is 0.717. The first-order chi connectivity index (χ1) is 8.24. The van der Waals surface area contributed by atoms with E-state index in [0.717, 1.165) is 26.6 Å². The highest BCUT2D eigenvalue weighted by molar-refractivity contribution is 9.10. The molecular weight excluding hydrogens is 280 g/mol. The SMILES string of the molecule is Oc1ccc2c(-c3ccc(Br)cc3)n[nH]c2c1. The number of phenols is 1. The predicted octanol–water partition coefficient (Wildman–Crippen LogP) is 3.70. The van der Waals surface area contributed by atoms with Crippen molar-refractivity contribution in [1.82, 2.24) is 10.2 Å². The molecule has 0 atom stereocenters. The standard InChI is InChI=1S/C13H9BrN2O/c14-9-3-1-8(2-4-9)13-11-6-5-10(17)7-12(11)15-16-13/h1-7,17H,(H,15,16). The van der Waals surface area contributed by atoms with E-state index in [-0.39, 0.29) is 5.75 Å². The molecule has 0 aliphatic carbocycles. The van der Waals surface area contributed by atoms with Crippen molar-refractivity contribution in [1.29, 1.82) is 0 Å². The van der Waals surface area contributed by atoms with Crippen LogP contribution in [0.15, 0.2) is 46.9 Å². The van der Waals surface area contributed by atoms with Gasteiger partial charge in [0, 0.05) is 21.5 Å². The van der Waals surface area contributed by atoms with Gasteiger partial charge in [-0.05, 0) is 24.3 Å². The normalized spacial score (nSPS) is 10.9. The number of fused-ring (bicyclic) bond motifs is 1. The van der Waals surface area contributed by atoms with Crippen LogP contribution in [0.4, 0.5) is 0 Å². The Hall–Kier alpha value is -1.81. The third-order valence-corrected chi connectivity index (χ3v) is 3.19. The van der Waals surface area contributed by atoms with Crippen LogP contribution in [0.3, 0.4) is 0 Å². The van der Waals surface area contributed by atoms with Gasteiger partial charge in [0.1, 0.15) is 5.75 Å². The molecule has 2 N–H and O–H groups in total. The molecule has 0 fully saturated rings. The molecule has 1 aromatic heterocycles. The molecule has 3 aromatic rings. The Morgan fingerprint density at radius 3 is 2.59 bits per heavy atom. The molecule has 4 heteroatoms. The average Bonchev–Trinajstić information content (AvgIpc) is 2.73. The van der Waals surface area contributed by atoms with Gasteiger partial charge in [-0.2, -0.15) is 5.10 Å². The fourth-order valence-corrected chi connectivity index (χ4v) is 2.10. The van der Waals surface area contributed by atoms with Gasteiger partial charge >= 0.3 is 0 Å². The predicted molar refractivity (Wildman–Crippen MR) is 70.9 cm³/mol. The van der Waals surface area contributed by atoms with E-state index in [1.54, 1.807) is 12.1 Å².